The molecule has 2 aromatic heterocycles. The van der Waals surface area contributed by atoms with E-state index in [1.807, 2.05) is 0 Å². The number of thiazole rings is 1. The van der Waals surface area contributed by atoms with Crippen molar-refractivity contribution in [2.75, 3.05) is 11.1 Å². The van der Waals surface area contributed by atoms with E-state index in [0.717, 1.165) is 0 Å². The number of benzene rings is 1. The number of carbonyl (C=O) groups excluding carboxylic acids is 1. The number of nitrogens with zero attached hydrogens (tertiary/aromatic N) is 3. The number of rotatable bonds is 3. The predicted octanol–water partition coefficient (Wildman–Crippen LogP) is 2.57. The van der Waals surface area contributed by atoms with Crippen molar-refractivity contribution in [1.82, 2.24) is 15.0 Å². The van der Waals surface area contributed by atoms with Crippen LogP contribution >= 0.6 is 11.3 Å². The fourth-order valence-electron chi connectivity index (χ4n) is 1.79. The summed E-state index contributed by atoms with van der Waals surface area (Å²) in [5.41, 5.74) is 6.84. The summed E-state index contributed by atoms with van der Waals surface area (Å²) in [7, 11) is 0. The highest BCUT2D eigenvalue weighted by atomic mass is 32.1. The Morgan fingerprint density at radius 3 is 2.86 bits per heavy atom. The summed E-state index contributed by atoms with van der Waals surface area (Å²) in [6, 6.07) is 6.07. The van der Waals surface area contributed by atoms with Crippen LogP contribution in [-0.4, -0.2) is 20.9 Å². The number of nitrogens with one attached hydrogen (secondary N) is 1. The van der Waals surface area contributed by atoms with Crippen molar-refractivity contribution >= 4 is 28.2 Å². The number of nitrogens with two attached hydrogens (primary N) is 1. The maximum absolute atomic E-state index is 13.2. The first-order valence-corrected chi connectivity index (χ1v) is 7.11. The quantitative estimate of drug-likeness (QED) is 0.774. The molecule has 0 bridgehead atoms. The Morgan fingerprint density at radius 1 is 1.27 bits per heavy atom. The zero-order chi connectivity index (χ0) is 15.5. The second-order valence-electron chi connectivity index (χ2n) is 4.29. The minimum atomic E-state index is -0.495. The van der Waals surface area contributed by atoms with Crippen LogP contribution in [0.25, 0.3) is 11.3 Å². The first-order chi connectivity index (χ1) is 10.6. The highest BCUT2D eigenvalue weighted by Crippen LogP contribution is 2.25. The number of aromatic nitrogens is 3. The summed E-state index contributed by atoms with van der Waals surface area (Å²) < 4.78 is 13.2. The van der Waals surface area contributed by atoms with E-state index in [9.17, 15) is 9.18 Å². The summed E-state index contributed by atoms with van der Waals surface area (Å²) in [4.78, 5) is 24.0. The Bertz CT molecular complexity index is 835. The third-order valence-corrected chi connectivity index (χ3v) is 3.54. The van der Waals surface area contributed by atoms with Gasteiger partial charge >= 0.3 is 0 Å². The fraction of sp³-hybridized carbons (Fsp3) is 0. The highest BCUT2D eigenvalue weighted by molar-refractivity contribution is 7.14. The molecule has 0 aliphatic heterocycles. The molecule has 3 rings (SSSR count). The van der Waals surface area contributed by atoms with E-state index in [1.165, 1.54) is 35.9 Å². The van der Waals surface area contributed by atoms with Crippen molar-refractivity contribution < 1.29 is 9.18 Å². The average Bonchev–Trinajstić information content (AvgIpc) is 2.96. The number of carbonyl (C=O) groups is 1. The molecule has 0 spiro atoms. The van der Waals surface area contributed by atoms with Gasteiger partial charge in [0.2, 0.25) is 0 Å². The highest BCUT2D eigenvalue weighted by Gasteiger charge is 2.14. The van der Waals surface area contributed by atoms with Crippen LogP contribution < -0.4 is 11.1 Å². The molecule has 0 radical (unpaired) electrons. The van der Waals surface area contributed by atoms with Crippen molar-refractivity contribution in [3.8, 4) is 11.3 Å². The Kier molecular flexibility index (Phi) is 3.75. The van der Waals surface area contributed by atoms with E-state index >= 15 is 0 Å². The minimum Gasteiger partial charge on any atom is -0.382 e. The lowest BCUT2D eigenvalue weighted by molar-refractivity contribution is 0.102. The summed E-state index contributed by atoms with van der Waals surface area (Å²) in [5, 5.41) is 4.69. The normalized spacial score (nSPS) is 10.4. The molecule has 3 aromatic rings. The Hall–Kier alpha value is -2.87. The van der Waals surface area contributed by atoms with Crippen LogP contribution in [0, 0.1) is 5.82 Å². The van der Waals surface area contributed by atoms with E-state index in [-0.39, 0.29) is 17.3 Å². The van der Waals surface area contributed by atoms with E-state index in [0.29, 0.717) is 16.4 Å². The average molecular weight is 315 g/mol. The lowest BCUT2D eigenvalue weighted by Crippen LogP contribution is -2.16. The van der Waals surface area contributed by atoms with Gasteiger partial charge in [0, 0.05) is 23.3 Å². The van der Waals surface area contributed by atoms with Gasteiger partial charge in [-0.05, 0) is 12.1 Å². The minimum absolute atomic E-state index is 0.0324. The van der Waals surface area contributed by atoms with E-state index in [2.05, 4.69) is 20.3 Å². The molecule has 1 amide bonds. The third-order valence-electron chi connectivity index (χ3n) is 2.79. The molecule has 22 heavy (non-hydrogen) atoms. The van der Waals surface area contributed by atoms with Crippen molar-refractivity contribution in [2.24, 2.45) is 0 Å². The Balaban J connectivity index is 1.80. The smallest absolute Gasteiger partial charge is 0.279 e. The molecule has 0 aliphatic carbocycles. The van der Waals surface area contributed by atoms with Gasteiger partial charge in [-0.2, -0.15) is 0 Å². The molecule has 3 N–H and O–H groups in total. The largest absolute Gasteiger partial charge is 0.382 e. The van der Waals surface area contributed by atoms with Gasteiger partial charge in [-0.15, -0.1) is 11.3 Å². The van der Waals surface area contributed by atoms with Gasteiger partial charge in [-0.25, -0.2) is 19.3 Å². The second kappa shape index (κ2) is 5.86. The van der Waals surface area contributed by atoms with Crippen molar-refractivity contribution in [3.63, 3.8) is 0 Å². The van der Waals surface area contributed by atoms with Gasteiger partial charge in [0.25, 0.3) is 5.91 Å². The maximum Gasteiger partial charge on any atom is 0.279 e. The Labute approximate surface area is 128 Å². The summed E-state index contributed by atoms with van der Waals surface area (Å²) >= 11 is 1.22. The molecule has 8 heteroatoms. The molecule has 0 atom stereocenters. The van der Waals surface area contributed by atoms with Crippen molar-refractivity contribution in [3.05, 3.63) is 53.6 Å². The lowest BCUT2D eigenvalue weighted by atomic mass is 10.2. The van der Waals surface area contributed by atoms with Crippen LogP contribution in [0.15, 0.2) is 42.0 Å². The fourth-order valence-corrected chi connectivity index (χ4v) is 2.51. The molecule has 2 heterocycles. The van der Waals surface area contributed by atoms with Crippen LogP contribution in [-0.2, 0) is 0 Å². The summed E-state index contributed by atoms with van der Waals surface area (Å²) in [5.74, 6) is -0.795. The standard InChI is InChI=1S/C14H10FN5OS/c15-9-3-1-2-8(6-9)10-7-22-14(19-10)20-13(21)11-12(16)18-5-4-17-11/h1-7H,(H2,16,18)(H,19,20,21). The van der Waals surface area contributed by atoms with Gasteiger partial charge in [0.15, 0.2) is 16.6 Å². The van der Waals surface area contributed by atoms with Gasteiger partial charge < -0.3 is 5.73 Å². The molecule has 0 unspecified atom stereocenters. The second-order valence-corrected chi connectivity index (χ2v) is 5.15. The van der Waals surface area contributed by atoms with Crippen LogP contribution in [0.1, 0.15) is 10.5 Å². The summed E-state index contributed by atoms with van der Waals surface area (Å²) in [6.07, 6.45) is 2.78. The number of hydrogen-bond acceptors (Lipinski definition) is 6. The molecular weight excluding hydrogens is 305 g/mol. The van der Waals surface area contributed by atoms with Crippen molar-refractivity contribution in [1.29, 1.82) is 0 Å². The van der Waals surface area contributed by atoms with Gasteiger partial charge in [-0.1, -0.05) is 12.1 Å². The third kappa shape index (κ3) is 2.91. The van der Waals surface area contributed by atoms with Crippen LogP contribution in [0.5, 0.6) is 0 Å². The molecule has 0 fully saturated rings. The molecular formula is C14H10FN5OS. The molecule has 0 saturated carbocycles. The summed E-state index contributed by atoms with van der Waals surface area (Å²) in [6.45, 7) is 0. The predicted molar refractivity (Wildman–Crippen MR) is 81.9 cm³/mol. The van der Waals surface area contributed by atoms with Crippen LogP contribution in [0.3, 0.4) is 0 Å². The SMILES string of the molecule is Nc1nccnc1C(=O)Nc1nc(-c2cccc(F)c2)cs1. The number of hydrogen-bond donors (Lipinski definition) is 2. The molecule has 0 saturated heterocycles. The Morgan fingerprint density at radius 2 is 2.09 bits per heavy atom. The molecule has 0 aliphatic rings. The molecule has 110 valence electrons. The van der Waals surface area contributed by atoms with Gasteiger partial charge in [0.05, 0.1) is 5.69 Å². The number of anilines is 2. The zero-order valence-electron chi connectivity index (χ0n) is 11.2. The number of nitrogen functional groups attached to an aromatic ring is 1. The number of amides is 1. The molecule has 1 aromatic carbocycles. The first kappa shape index (κ1) is 14.1. The number of halogens is 1. The lowest BCUT2D eigenvalue weighted by Gasteiger charge is -2.02. The van der Waals surface area contributed by atoms with Crippen LogP contribution in [0.2, 0.25) is 0 Å². The van der Waals surface area contributed by atoms with Gasteiger partial charge in [-0.3, -0.25) is 10.1 Å². The maximum atomic E-state index is 13.2. The van der Waals surface area contributed by atoms with Gasteiger partial charge in [0.1, 0.15) is 5.82 Å². The van der Waals surface area contributed by atoms with E-state index in [4.69, 9.17) is 5.73 Å². The van der Waals surface area contributed by atoms with E-state index < -0.39 is 5.91 Å². The monoisotopic (exact) mass is 315 g/mol. The molecule has 6 nitrogen and oxygen atoms in total. The van der Waals surface area contributed by atoms with Crippen LogP contribution in [0.4, 0.5) is 15.3 Å². The first-order valence-electron chi connectivity index (χ1n) is 6.23. The van der Waals surface area contributed by atoms with Crippen molar-refractivity contribution in [2.45, 2.75) is 0 Å². The topological polar surface area (TPSA) is 93.8 Å². The van der Waals surface area contributed by atoms with E-state index in [1.54, 1.807) is 17.5 Å². The zero-order valence-corrected chi connectivity index (χ0v) is 12.0.